The number of aromatic nitrogens is 2. The SMILES string of the molecule is C.C.Cc1cccc(C)c1N1C=CN(c2c(C)cccc2C)C1C1(Cl)c2ccccc2-c2cccc[n+]21.Cc1cccc(C)c1N1CCN(c2c(C)cccc2C)C1C1(Cl)c2ccccc2-c2cccc[n+]21. The maximum Gasteiger partial charge on any atom is 0.308 e. The summed E-state index contributed by atoms with van der Waals surface area (Å²) in [6.07, 6.45) is 8.32. The fourth-order valence-corrected chi connectivity index (χ4v) is 13.4. The van der Waals surface area contributed by atoms with Crippen molar-refractivity contribution in [2.45, 2.75) is 92.6 Å². The minimum Gasteiger partial charge on any atom is -0.342 e. The highest BCUT2D eigenvalue weighted by Gasteiger charge is 2.63. The Hall–Kier alpha value is -6.86. The first-order valence-corrected chi connectivity index (χ1v) is 25.2. The molecule has 6 nitrogen and oxygen atoms in total. The predicted molar refractivity (Wildman–Crippen MR) is 303 cm³/mol. The molecule has 6 aromatic carbocycles. The number of benzene rings is 6. The number of anilines is 4. The van der Waals surface area contributed by atoms with Crippen molar-refractivity contribution < 1.29 is 9.13 Å². The van der Waals surface area contributed by atoms with Crippen molar-refractivity contribution in [1.82, 2.24) is 0 Å². The molecule has 2 aromatic heterocycles. The van der Waals surface area contributed by atoms with Gasteiger partial charge in [0.05, 0.1) is 22.3 Å². The van der Waals surface area contributed by atoms with E-state index in [1.165, 1.54) is 78.4 Å². The molecule has 0 spiro atoms. The molecule has 0 N–H and O–H groups in total. The van der Waals surface area contributed by atoms with Gasteiger partial charge in [0.1, 0.15) is 0 Å². The van der Waals surface area contributed by atoms with Crippen molar-refractivity contribution in [3.05, 3.63) is 238 Å². The van der Waals surface area contributed by atoms with Crippen LogP contribution in [0.5, 0.6) is 0 Å². The van der Waals surface area contributed by atoms with Gasteiger partial charge in [-0.3, -0.25) is 0 Å². The van der Waals surface area contributed by atoms with E-state index in [0.717, 1.165) is 35.6 Å². The first kappa shape index (κ1) is 50.1. The number of hydrogen-bond acceptors (Lipinski definition) is 4. The molecule has 2 unspecified atom stereocenters. The standard InChI is InChI=1S/C31H31ClN3.C31H29ClN3.2CH4/c2*1-21-11-9-12-22(2)28(21)33-19-20-34(29-23(3)13-10-14-24(29)4)30(33)31(32)26-16-6-5-15-25(26)27-17-7-8-18-35(27)31;;/h5-18,30H,19-20H2,1-4H3;5-20,30H,1-4H3;2*1H4/q2*+1;;. The second-order valence-corrected chi connectivity index (χ2v) is 20.7. The van der Waals surface area contributed by atoms with Crippen LogP contribution in [-0.4, -0.2) is 25.4 Å². The smallest absolute Gasteiger partial charge is 0.308 e. The van der Waals surface area contributed by atoms with Gasteiger partial charge in [0.2, 0.25) is 11.4 Å². The number of halogens is 2. The summed E-state index contributed by atoms with van der Waals surface area (Å²) in [5, 5.41) is 0. The maximum atomic E-state index is 8.02. The average Bonchev–Trinajstić information content (AvgIpc) is 4.11. The molecule has 0 bridgehead atoms. The molecular weight excluding hydrogens is 924 g/mol. The first-order chi connectivity index (χ1) is 33.8. The lowest BCUT2D eigenvalue weighted by molar-refractivity contribution is -0.718. The van der Waals surface area contributed by atoms with Gasteiger partial charge in [-0.25, -0.2) is 0 Å². The summed E-state index contributed by atoms with van der Waals surface area (Å²) in [5.74, 6) is 0. The monoisotopic (exact) mass is 990 g/mol. The maximum absolute atomic E-state index is 8.02. The summed E-state index contributed by atoms with van der Waals surface area (Å²) < 4.78 is 4.54. The Bertz CT molecular complexity index is 2990. The molecular formula is C64H68Cl2N6+2. The fourth-order valence-electron chi connectivity index (χ4n) is 12.4. The van der Waals surface area contributed by atoms with Gasteiger partial charge in [0.25, 0.3) is 0 Å². The largest absolute Gasteiger partial charge is 0.342 e. The first-order valence-electron chi connectivity index (χ1n) is 24.5. The van der Waals surface area contributed by atoms with Gasteiger partial charge in [-0.15, -0.1) is 0 Å². The highest BCUT2D eigenvalue weighted by atomic mass is 35.5. The third-order valence-corrected chi connectivity index (χ3v) is 16.4. The molecule has 4 aliphatic heterocycles. The van der Waals surface area contributed by atoms with Crippen molar-refractivity contribution in [2.24, 2.45) is 0 Å². The van der Waals surface area contributed by atoms with E-state index in [9.17, 15) is 0 Å². The molecule has 8 heteroatoms. The lowest BCUT2D eigenvalue weighted by Crippen LogP contribution is -2.65. The van der Waals surface area contributed by atoms with Gasteiger partial charge < -0.3 is 19.6 Å². The third kappa shape index (κ3) is 7.60. The second kappa shape index (κ2) is 19.3. The van der Waals surface area contributed by atoms with E-state index in [4.69, 9.17) is 23.2 Å². The van der Waals surface area contributed by atoms with E-state index in [1.54, 1.807) is 0 Å². The summed E-state index contributed by atoms with van der Waals surface area (Å²) in [7, 11) is 0. The number of rotatable bonds is 6. The summed E-state index contributed by atoms with van der Waals surface area (Å²) in [6, 6.07) is 56.0. The molecule has 1 fully saturated rings. The summed E-state index contributed by atoms with van der Waals surface area (Å²) in [4.78, 5) is 8.18. The number of pyridine rings is 2. The van der Waals surface area contributed by atoms with Crippen molar-refractivity contribution in [3.63, 3.8) is 0 Å². The number of nitrogens with zero attached hydrogens (tertiary/aromatic N) is 6. The fraction of sp³-hybridized carbons (Fsp3) is 0.250. The highest BCUT2D eigenvalue weighted by Crippen LogP contribution is 2.51. The molecule has 72 heavy (non-hydrogen) atoms. The van der Waals surface area contributed by atoms with Crippen LogP contribution in [0.1, 0.15) is 70.5 Å². The van der Waals surface area contributed by atoms with E-state index in [0.29, 0.717) is 0 Å². The minimum atomic E-state index is -0.861. The number of aryl methyl sites for hydroxylation is 8. The van der Waals surface area contributed by atoms with Crippen LogP contribution in [0.25, 0.3) is 22.5 Å². The zero-order valence-corrected chi connectivity index (χ0v) is 42.8. The normalized spacial score (nSPS) is 18.5. The number of hydrogen-bond donors (Lipinski definition) is 0. The quantitative estimate of drug-likeness (QED) is 0.122. The van der Waals surface area contributed by atoms with Gasteiger partial charge in [-0.1, -0.05) is 112 Å². The Morgan fingerprint density at radius 2 is 0.681 bits per heavy atom. The Balaban J connectivity index is 0.000000173. The van der Waals surface area contributed by atoms with Crippen molar-refractivity contribution in [2.75, 3.05) is 32.7 Å². The molecule has 4 aliphatic rings. The van der Waals surface area contributed by atoms with Crippen LogP contribution in [0.2, 0.25) is 0 Å². The van der Waals surface area contributed by atoms with Crippen LogP contribution >= 0.6 is 23.2 Å². The molecule has 6 heterocycles. The van der Waals surface area contributed by atoms with Crippen LogP contribution in [0.3, 0.4) is 0 Å². The van der Waals surface area contributed by atoms with Gasteiger partial charge in [0.15, 0.2) is 24.7 Å². The molecule has 0 aliphatic carbocycles. The molecule has 2 atom stereocenters. The van der Waals surface area contributed by atoms with Crippen LogP contribution in [0.4, 0.5) is 22.7 Å². The van der Waals surface area contributed by atoms with Crippen molar-refractivity contribution >= 4 is 46.0 Å². The van der Waals surface area contributed by atoms with Crippen molar-refractivity contribution in [3.8, 4) is 22.5 Å². The van der Waals surface area contributed by atoms with E-state index >= 15 is 0 Å². The minimum absolute atomic E-state index is 0. The summed E-state index contributed by atoms with van der Waals surface area (Å²) in [6.45, 7) is 19.4. The van der Waals surface area contributed by atoms with E-state index in [1.807, 2.05) is 0 Å². The lowest BCUT2D eigenvalue weighted by atomic mass is 9.97. The zero-order chi connectivity index (χ0) is 48.6. The van der Waals surface area contributed by atoms with E-state index in [-0.39, 0.29) is 27.2 Å². The number of alkyl halides is 2. The molecule has 1 saturated heterocycles. The average molecular weight is 992 g/mol. The van der Waals surface area contributed by atoms with Gasteiger partial charge in [-0.05, 0) is 159 Å². The van der Waals surface area contributed by atoms with Gasteiger partial charge in [0, 0.05) is 72.5 Å². The second-order valence-electron chi connectivity index (χ2n) is 19.6. The molecule has 12 rings (SSSR count). The number of para-hydroxylation sites is 4. The Morgan fingerprint density at radius 3 is 1.04 bits per heavy atom. The van der Waals surface area contributed by atoms with Crippen LogP contribution in [-0.2, 0) is 10.00 Å². The topological polar surface area (TPSA) is 20.7 Å². The van der Waals surface area contributed by atoms with Crippen LogP contribution < -0.4 is 28.7 Å². The third-order valence-electron chi connectivity index (χ3n) is 15.2. The van der Waals surface area contributed by atoms with E-state index < -0.39 is 10.00 Å². The Kier molecular flexibility index (Phi) is 13.4. The highest BCUT2D eigenvalue weighted by molar-refractivity contribution is 6.25. The van der Waals surface area contributed by atoms with Crippen LogP contribution in [0.15, 0.2) is 183 Å². The van der Waals surface area contributed by atoms with Gasteiger partial charge >= 0.3 is 10.00 Å². The lowest BCUT2D eigenvalue weighted by Gasteiger charge is -2.40. The molecule has 0 saturated carbocycles. The Labute approximate surface area is 438 Å². The Morgan fingerprint density at radius 1 is 0.375 bits per heavy atom. The molecule has 0 radical (unpaired) electrons. The van der Waals surface area contributed by atoms with E-state index in [2.05, 4.69) is 267 Å². The summed E-state index contributed by atoms with van der Waals surface area (Å²) in [5.41, 5.74) is 22.0. The predicted octanol–water partition coefficient (Wildman–Crippen LogP) is 14.7. The molecule has 366 valence electrons. The molecule has 8 aromatic rings. The number of fused-ring (bicyclic) bond motifs is 6. The molecule has 0 amide bonds. The van der Waals surface area contributed by atoms with Crippen LogP contribution in [0, 0.1) is 55.4 Å². The summed E-state index contributed by atoms with van der Waals surface area (Å²) >= 11 is 16.0. The van der Waals surface area contributed by atoms with Gasteiger partial charge in [-0.2, -0.15) is 9.13 Å². The zero-order valence-electron chi connectivity index (χ0n) is 41.3. The van der Waals surface area contributed by atoms with Crippen molar-refractivity contribution in [1.29, 1.82) is 0 Å².